The SMILES string of the molecule is CCOc1c(Br)cc(C(=O)OCC(=O)Nc2c(C)cccc2[N+](=O)[O-])cc1OC. The molecule has 0 bridgehead atoms. The van der Waals surface area contributed by atoms with E-state index < -0.39 is 23.4 Å². The number of amides is 1. The number of nitro benzene ring substituents is 1. The zero-order valence-electron chi connectivity index (χ0n) is 16.0. The summed E-state index contributed by atoms with van der Waals surface area (Å²) in [6, 6.07) is 7.33. The van der Waals surface area contributed by atoms with Gasteiger partial charge in [0, 0.05) is 6.07 Å². The number of rotatable bonds is 8. The maximum atomic E-state index is 12.3. The van der Waals surface area contributed by atoms with Crippen LogP contribution < -0.4 is 14.8 Å². The number of hydrogen-bond donors (Lipinski definition) is 1. The predicted molar refractivity (Wildman–Crippen MR) is 109 cm³/mol. The largest absolute Gasteiger partial charge is 0.493 e. The number of halogens is 1. The average molecular weight is 467 g/mol. The van der Waals surface area contributed by atoms with Crippen molar-refractivity contribution in [2.45, 2.75) is 13.8 Å². The number of benzene rings is 2. The van der Waals surface area contributed by atoms with E-state index >= 15 is 0 Å². The predicted octanol–water partition coefficient (Wildman–Crippen LogP) is 3.87. The second-order valence-electron chi connectivity index (χ2n) is 5.77. The van der Waals surface area contributed by atoms with Gasteiger partial charge in [0.25, 0.3) is 11.6 Å². The molecule has 0 aromatic heterocycles. The highest BCUT2D eigenvalue weighted by Gasteiger charge is 2.20. The normalized spacial score (nSPS) is 10.2. The summed E-state index contributed by atoms with van der Waals surface area (Å²) in [4.78, 5) is 35.0. The number of esters is 1. The van der Waals surface area contributed by atoms with Crippen molar-refractivity contribution in [3.8, 4) is 11.5 Å². The molecule has 29 heavy (non-hydrogen) atoms. The minimum atomic E-state index is -0.763. The first-order valence-corrected chi connectivity index (χ1v) is 9.29. The van der Waals surface area contributed by atoms with Crippen molar-refractivity contribution >= 4 is 39.2 Å². The Balaban J connectivity index is 2.09. The van der Waals surface area contributed by atoms with Gasteiger partial charge >= 0.3 is 5.97 Å². The standard InChI is InChI=1S/C19H19BrN2O7/c1-4-28-18-13(20)8-12(9-15(18)27-3)19(24)29-10-16(23)21-17-11(2)6-5-7-14(17)22(25)26/h5-9H,4,10H2,1-3H3,(H,21,23). The Morgan fingerprint density at radius 3 is 2.62 bits per heavy atom. The summed E-state index contributed by atoms with van der Waals surface area (Å²) in [5, 5.41) is 13.5. The Bertz CT molecular complexity index is 946. The Morgan fingerprint density at radius 1 is 1.28 bits per heavy atom. The molecule has 1 amide bonds. The number of ether oxygens (including phenoxy) is 3. The van der Waals surface area contributed by atoms with Crippen LogP contribution in [0.5, 0.6) is 11.5 Å². The fourth-order valence-corrected chi connectivity index (χ4v) is 3.04. The summed E-state index contributed by atoms with van der Waals surface area (Å²) in [6.45, 7) is 3.23. The van der Waals surface area contributed by atoms with Crippen molar-refractivity contribution in [3.63, 3.8) is 0 Å². The minimum Gasteiger partial charge on any atom is -0.493 e. The van der Waals surface area contributed by atoms with E-state index in [-0.39, 0.29) is 16.9 Å². The van der Waals surface area contributed by atoms with Crippen LogP contribution in [-0.4, -0.2) is 37.1 Å². The molecule has 0 fully saturated rings. The smallest absolute Gasteiger partial charge is 0.338 e. The molecule has 0 saturated carbocycles. The molecular formula is C19H19BrN2O7. The highest BCUT2D eigenvalue weighted by atomic mass is 79.9. The third kappa shape index (κ3) is 5.44. The van der Waals surface area contributed by atoms with Gasteiger partial charge in [0.05, 0.1) is 28.7 Å². The van der Waals surface area contributed by atoms with E-state index in [9.17, 15) is 19.7 Å². The van der Waals surface area contributed by atoms with Crippen molar-refractivity contribution < 1.29 is 28.7 Å². The van der Waals surface area contributed by atoms with Gasteiger partial charge in [0.1, 0.15) is 5.69 Å². The van der Waals surface area contributed by atoms with Crippen LogP contribution in [0.4, 0.5) is 11.4 Å². The number of nitrogens with zero attached hydrogens (tertiary/aromatic N) is 1. The lowest BCUT2D eigenvalue weighted by Gasteiger charge is -2.13. The third-order valence-electron chi connectivity index (χ3n) is 3.80. The maximum Gasteiger partial charge on any atom is 0.338 e. The van der Waals surface area contributed by atoms with E-state index in [1.165, 1.54) is 31.4 Å². The topological polar surface area (TPSA) is 117 Å². The van der Waals surface area contributed by atoms with Crippen molar-refractivity contribution in [1.82, 2.24) is 0 Å². The van der Waals surface area contributed by atoms with Crippen LogP contribution in [0, 0.1) is 17.0 Å². The van der Waals surface area contributed by atoms with Crippen molar-refractivity contribution in [2.75, 3.05) is 25.6 Å². The Morgan fingerprint density at radius 2 is 2.00 bits per heavy atom. The van der Waals surface area contributed by atoms with Gasteiger partial charge in [0.2, 0.25) is 0 Å². The molecule has 2 rings (SSSR count). The number of aryl methyl sites for hydroxylation is 1. The van der Waals surface area contributed by atoms with E-state index in [1.807, 2.05) is 6.92 Å². The molecule has 0 aliphatic heterocycles. The van der Waals surface area contributed by atoms with Crippen LogP contribution in [0.15, 0.2) is 34.8 Å². The molecule has 0 aliphatic carbocycles. The first-order valence-electron chi connectivity index (χ1n) is 8.49. The molecule has 154 valence electrons. The third-order valence-corrected chi connectivity index (χ3v) is 4.39. The van der Waals surface area contributed by atoms with Crippen LogP contribution in [0.25, 0.3) is 0 Å². The quantitative estimate of drug-likeness (QED) is 0.356. The molecule has 0 aliphatic rings. The second kappa shape index (κ2) is 9.87. The molecule has 0 saturated heterocycles. The number of carbonyl (C=O) groups is 2. The van der Waals surface area contributed by atoms with Gasteiger partial charge in [-0.15, -0.1) is 0 Å². The van der Waals surface area contributed by atoms with E-state index in [0.29, 0.717) is 28.1 Å². The summed E-state index contributed by atoms with van der Waals surface area (Å²) >= 11 is 3.31. The number of carbonyl (C=O) groups excluding carboxylic acids is 2. The molecule has 2 aromatic rings. The lowest BCUT2D eigenvalue weighted by Crippen LogP contribution is -2.22. The molecule has 1 N–H and O–H groups in total. The van der Waals surface area contributed by atoms with Crippen LogP contribution >= 0.6 is 15.9 Å². The van der Waals surface area contributed by atoms with Crippen molar-refractivity contribution in [3.05, 3.63) is 56.0 Å². The first-order chi connectivity index (χ1) is 13.8. The number of nitro groups is 1. The fourth-order valence-electron chi connectivity index (χ4n) is 2.48. The second-order valence-corrected chi connectivity index (χ2v) is 6.63. The van der Waals surface area contributed by atoms with Gasteiger partial charge in [-0.05, 0) is 47.5 Å². The number of nitrogens with one attached hydrogen (secondary N) is 1. The Labute approximate surface area is 175 Å². The first kappa shape index (κ1) is 22.2. The summed E-state index contributed by atoms with van der Waals surface area (Å²) in [5.41, 5.74) is 0.472. The van der Waals surface area contributed by atoms with Crippen molar-refractivity contribution in [2.24, 2.45) is 0 Å². The lowest BCUT2D eigenvalue weighted by atomic mass is 10.1. The molecule has 0 heterocycles. The van der Waals surface area contributed by atoms with E-state index in [1.54, 1.807) is 13.0 Å². The van der Waals surface area contributed by atoms with Gasteiger partial charge in [0.15, 0.2) is 18.1 Å². The van der Waals surface area contributed by atoms with Crippen LogP contribution in [0.2, 0.25) is 0 Å². The van der Waals surface area contributed by atoms with E-state index in [0.717, 1.165) is 0 Å². The molecule has 0 unspecified atom stereocenters. The molecule has 0 atom stereocenters. The Hall–Kier alpha value is -3.14. The average Bonchev–Trinajstić information content (AvgIpc) is 2.68. The van der Waals surface area contributed by atoms with Gasteiger partial charge in [-0.25, -0.2) is 4.79 Å². The molecular weight excluding hydrogens is 448 g/mol. The zero-order chi connectivity index (χ0) is 21.6. The minimum absolute atomic E-state index is 0.0593. The van der Waals surface area contributed by atoms with Gasteiger partial charge in [-0.2, -0.15) is 0 Å². The van der Waals surface area contributed by atoms with Crippen molar-refractivity contribution in [1.29, 1.82) is 0 Å². The lowest BCUT2D eigenvalue weighted by molar-refractivity contribution is -0.384. The molecule has 0 radical (unpaired) electrons. The molecule has 9 nitrogen and oxygen atoms in total. The highest BCUT2D eigenvalue weighted by molar-refractivity contribution is 9.10. The monoisotopic (exact) mass is 466 g/mol. The van der Waals surface area contributed by atoms with Crippen LogP contribution in [0.1, 0.15) is 22.8 Å². The number of hydrogen-bond acceptors (Lipinski definition) is 7. The number of anilines is 1. The summed E-state index contributed by atoms with van der Waals surface area (Å²) in [7, 11) is 1.43. The van der Waals surface area contributed by atoms with E-state index in [2.05, 4.69) is 21.2 Å². The van der Waals surface area contributed by atoms with Gasteiger partial charge in [-0.3, -0.25) is 14.9 Å². The van der Waals surface area contributed by atoms with E-state index in [4.69, 9.17) is 14.2 Å². The summed E-state index contributed by atoms with van der Waals surface area (Å²) in [5.74, 6) is -0.696. The summed E-state index contributed by atoms with van der Waals surface area (Å²) < 4.78 is 16.2. The van der Waals surface area contributed by atoms with Crippen LogP contribution in [-0.2, 0) is 9.53 Å². The molecule has 10 heteroatoms. The zero-order valence-corrected chi connectivity index (χ0v) is 17.6. The van der Waals surface area contributed by atoms with Gasteiger partial charge < -0.3 is 19.5 Å². The molecule has 2 aromatic carbocycles. The summed E-state index contributed by atoms with van der Waals surface area (Å²) in [6.07, 6.45) is 0. The highest BCUT2D eigenvalue weighted by Crippen LogP contribution is 2.36. The number of methoxy groups -OCH3 is 1. The number of para-hydroxylation sites is 1. The molecule has 0 spiro atoms. The Kier molecular flexibility index (Phi) is 7.54. The fraction of sp³-hybridized carbons (Fsp3) is 0.263. The van der Waals surface area contributed by atoms with Gasteiger partial charge in [-0.1, -0.05) is 12.1 Å². The maximum absolute atomic E-state index is 12.3. The van der Waals surface area contributed by atoms with Crippen LogP contribution in [0.3, 0.4) is 0 Å².